The van der Waals surface area contributed by atoms with Gasteiger partial charge < -0.3 is 5.32 Å². The fourth-order valence-corrected chi connectivity index (χ4v) is 1.98. The molecule has 0 aromatic carbocycles. The van der Waals surface area contributed by atoms with Gasteiger partial charge in [0, 0.05) is 13.2 Å². The molecule has 5 nitrogen and oxygen atoms in total. The van der Waals surface area contributed by atoms with Gasteiger partial charge in [0.15, 0.2) is 0 Å². The number of hydrogen-bond acceptors (Lipinski definition) is 5. The topological polar surface area (TPSA) is 55.6 Å². The minimum Gasteiger partial charge on any atom is -0.304 e. The molecule has 0 aliphatic heterocycles. The monoisotopic (exact) mass is 223 g/mol. The second kappa shape index (κ2) is 4.50. The number of rotatable bonds is 4. The van der Waals surface area contributed by atoms with Gasteiger partial charge in [0.05, 0.1) is 35.4 Å². The molecule has 0 saturated heterocycles. The van der Waals surface area contributed by atoms with E-state index in [-0.39, 0.29) is 6.04 Å². The molecule has 0 saturated carbocycles. The fraction of sp³-hybridized carbons (Fsp3) is 0.444. The summed E-state index contributed by atoms with van der Waals surface area (Å²) >= 11 is 1.23. The molecule has 2 heterocycles. The van der Waals surface area contributed by atoms with Crippen LogP contribution < -0.4 is 5.32 Å². The Labute approximate surface area is 92.5 Å². The Morgan fingerprint density at radius 1 is 1.60 bits per heavy atom. The Morgan fingerprint density at radius 3 is 3.00 bits per heavy atom. The van der Waals surface area contributed by atoms with Crippen LogP contribution in [0.5, 0.6) is 0 Å². The van der Waals surface area contributed by atoms with Gasteiger partial charge in [-0.1, -0.05) is 6.92 Å². The molecule has 1 atom stereocenters. The summed E-state index contributed by atoms with van der Waals surface area (Å²) in [5.41, 5.74) is 2.05. The molecule has 0 aliphatic carbocycles. The normalized spacial score (nSPS) is 12.9. The van der Waals surface area contributed by atoms with Crippen molar-refractivity contribution in [3.8, 4) is 0 Å². The molecule has 0 amide bonds. The minimum atomic E-state index is 0.0845. The van der Waals surface area contributed by atoms with E-state index in [9.17, 15) is 0 Å². The van der Waals surface area contributed by atoms with Gasteiger partial charge in [-0.25, -0.2) is 0 Å². The zero-order valence-electron chi connectivity index (χ0n) is 8.71. The van der Waals surface area contributed by atoms with Crippen LogP contribution in [-0.2, 0) is 7.05 Å². The predicted octanol–water partition coefficient (Wildman–Crippen LogP) is 0.970. The van der Waals surface area contributed by atoms with Crippen LogP contribution in [0.25, 0.3) is 0 Å². The summed E-state index contributed by atoms with van der Waals surface area (Å²) in [5, 5.41) is 7.53. The lowest BCUT2D eigenvalue weighted by Gasteiger charge is -2.15. The lowest BCUT2D eigenvalue weighted by molar-refractivity contribution is 0.565. The summed E-state index contributed by atoms with van der Waals surface area (Å²) in [4.78, 5) is 0. The average molecular weight is 223 g/mol. The van der Waals surface area contributed by atoms with Gasteiger partial charge in [-0.15, -0.1) is 0 Å². The largest absolute Gasteiger partial charge is 0.304 e. The quantitative estimate of drug-likeness (QED) is 0.839. The number of hydrogen-bond donors (Lipinski definition) is 1. The van der Waals surface area contributed by atoms with Crippen LogP contribution in [0.3, 0.4) is 0 Å². The van der Waals surface area contributed by atoms with Crippen molar-refractivity contribution >= 4 is 11.7 Å². The predicted molar refractivity (Wildman–Crippen MR) is 58.6 cm³/mol. The summed E-state index contributed by atoms with van der Waals surface area (Å²) in [7, 11) is 1.93. The molecule has 0 fully saturated rings. The fourth-order valence-electron chi connectivity index (χ4n) is 1.53. The number of aryl methyl sites for hydroxylation is 1. The summed E-state index contributed by atoms with van der Waals surface area (Å²) in [5.74, 6) is 0. The Morgan fingerprint density at radius 2 is 2.47 bits per heavy atom. The molecular weight excluding hydrogens is 210 g/mol. The van der Waals surface area contributed by atoms with Crippen molar-refractivity contribution in [2.45, 2.75) is 13.0 Å². The Bertz CT molecular complexity index is 408. The van der Waals surface area contributed by atoms with Crippen molar-refractivity contribution in [3.05, 3.63) is 29.8 Å². The molecule has 80 valence electrons. The molecule has 2 rings (SSSR count). The van der Waals surface area contributed by atoms with Gasteiger partial charge in [0.25, 0.3) is 0 Å². The van der Waals surface area contributed by atoms with Crippen LogP contribution in [0.2, 0.25) is 0 Å². The molecule has 15 heavy (non-hydrogen) atoms. The van der Waals surface area contributed by atoms with E-state index < -0.39 is 0 Å². The number of nitrogens with zero attached hydrogens (tertiary/aromatic N) is 4. The van der Waals surface area contributed by atoms with Crippen molar-refractivity contribution in [1.29, 1.82) is 0 Å². The SMILES string of the molecule is CCNC(c1cnsn1)c1ccnn1C. The summed E-state index contributed by atoms with van der Waals surface area (Å²) in [6, 6.07) is 2.08. The van der Waals surface area contributed by atoms with Gasteiger partial charge in [-0.3, -0.25) is 4.68 Å². The zero-order valence-corrected chi connectivity index (χ0v) is 9.53. The summed E-state index contributed by atoms with van der Waals surface area (Å²) in [6.45, 7) is 2.95. The van der Waals surface area contributed by atoms with Crippen molar-refractivity contribution in [1.82, 2.24) is 23.8 Å². The van der Waals surface area contributed by atoms with Crippen LogP contribution >= 0.6 is 11.7 Å². The molecule has 1 N–H and O–H groups in total. The Kier molecular flexibility index (Phi) is 3.08. The van der Waals surface area contributed by atoms with Crippen LogP contribution in [0.4, 0.5) is 0 Å². The van der Waals surface area contributed by atoms with Gasteiger partial charge in [-0.2, -0.15) is 13.8 Å². The Balaban J connectivity index is 2.32. The van der Waals surface area contributed by atoms with E-state index >= 15 is 0 Å². The standard InChI is InChI=1S/C9H13N5S/c1-3-10-9(7-6-12-15-13-7)8-4-5-11-14(8)2/h4-6,9-10H,3H2,1-2H3. The van der Waals surface area contributed by atoms with E-state index in [1.807, 2.05) is 17.8 Å². The number of aromatic nitrogens is 4. The van der Waals surface area contributed by atoms with Gasteiger partial charge in [-0.05, 0) is 12.6 Å². The molecule has 2 aromatic rings. The maximum Gasteiger partial charge on any atom is 0.0973 e. The van der Waals surface area contributed by atoms with E-state index in [1.165, 1.54) is 11.7 Å². The van der Waals surface area contributed by atoms with Crippen LogP contribution in [0.1, 0.15) is 24.4 Å². The molecule has 0 aliphatic rings. The average Bonchev–Trinajstić information content (AvgIpc) is 2.85. The zero-order chi connectivity index (χ0) is 10.7. The molecule has 0 bridgehead atoms. The van der Waals surface area contributed by atoms with E-state index in [2.05, 4.69) is 26.1 Å². The van der Waals surface area contributed by atoms with Gasteiger partial charge in [0.1, 0.15) is 0 Å². The maximum absolute atomic E-state index is 4.26. The Hall–Kier alpha value is -1.27. The first-order valence-electron chi connectivity index (χ1n) is 4.81. The highest BCUT2D eigenvalue weighted by atomic mass is 32.1. The van der Waals surface area contributed by atoms with Crippen LogP contribution in [0.15, 0.2) is 18.5 Å². The van der Waals surface area contributed by atoms with E-state index in [0.717, 1.165) is 17.9 Å². The van der Waals surface area contributed by atoms with E-state index in [4.69, 9.17) is 0 Å². The van der Waals surface area contributed by atoms with Crippen molar-refractivity contribution in [2.75, 3.05) is 6.54 Å². The summed E-state index contributed by atoms with van der Waals surface area (Å²) < 4.78 is 10.1. The first-order chi connectivity index (χ1) is 7.33. The van der Waals surface area contributed by atoms with Crippen molar-refractivity contribution < 1.29 is 0 Å². The van der Waals surface area contributed by atoms with Crippen LogP contribution in [0, 0.1) is 0 Å². The molecular formula is C9H13N5S. The molecule has 1 unspecified atom stereocenters. The number of nitrogens with one attached hydrogen (secondary N) is 1. The van der Waals surface area contributed by atoms with E-state index in [1.54, 1.807) is 12.4 Å². The first kappa shape index (κ1) is 10.3. The molecule has 6 heteroatoms. The van der Waals surface area contributed by atoms with Gasteiger partial charge in [0.2, 0.25) is 0 Å². The second-order valence-corrected chi connectivity index (χ2v) is 3.76. The third-order valence-corrected chi connectivity index (χ3v) is 2.73. The van der Waals surface area contributed by atoms with Gasteiger partial charge >= 0.3 is 0 Å². The van der Waals surface area contributed by atoms with Crippen LogP contribution in [-0.4, -0.2) is 25.1 Å². The highest BCUT2D eigenvalue weighted by molar-refractivity contribution is 6.99. The smallest absolute Gasteiger partial charge is 0.0973 e. The third kappa shape index (κ3) is 2.05. The maximum atomic E-state index is 4.26. The second-order valence-electron chi connectivity index (χ2n) is 3.20. The lowest BCUT2D eigenvalue weighted by Crippen LogP contribution is -2.24. The van der Waals surface area contributed by atoms with Crippen molar-refractivity contribution in [3.63, 3.8) is 0 Å². The molecule has 0 radical (unpaired) electrons. The summed E-state index contributed by atoms with van der Waals surface area (Å²) in [6.07, 6.45) is 3.59. The highest BCUT2D eigenvalue weighted by Crippen LogP contribution is 2.19. The van der Waals surface area contributed by atoms with E-state index in [0.29, 0.717) is 0 Å². The first-order valence-corrected chi connectivity index (χ1v) is 5.54. The lowest BCUT2D eigenvalue weighted by atomic mass is 10.1. The minimum absolute atomic E-state index is 0.0845. The molecule has 2 aromatic heterocycles. The highest BCUT2D eigenvalue weighted by Gasteiger charge is 2.18. The third-order valence-electron chi connectivity index (χ3n) is 2.24. The van der Waals surface area contributed by atoms with Crippen molar-refractivity contribution in [2.24, 2.45) is 7.05 Å². The molecule has 0 spiro atoms.